The summed E-state index contributed by atoms with van der Waals surface area (Å²) in [6.07, 6.45) is 11.2. The molecule has 1 aliphatic heterocycles. The van der Waals surface area contributed by atoms with Gasteiger partial charge in [0.2, 0.25) is 41.4 Å². The Bertz CT molecular complexity index is 1510. The summed E-state index contributed by atoms with van der Waals surface area (Å²) in [6.45, 7) is 3.97. The van der Waals surface area contributed by atoms with Crippen LogP contribution in [-0.4, -0.2) is 177 Å². The molecule has 1 fully saturated rings. The quantitative estimate of drug-likeness (QED) is 0.0304. The Morgan fingerprint density at radius 3 is 1.37 bits per heavy atom. The van der Waals surface area contributed by atoms with Gasteiger partial charge in [-0.25, -0.2) is 4.57 Å². The number of rotatable bonds is 46. The summed E-state index contributed by atoms with van der Waals surface area (Å²) in [7, 11) is -4.62. The molecule has 0 aromatic rings. The second-order valence-electron chi connectivity index (χ2n) is 17.8. The molecule has 0 saturated carbocycles. The van der Waals surface area contributed by atoms with Crippen LogP contribution in [0.3, 0.4) is 0 Å². The minimum Gasteiger partial charge on any atom is -0.396 e. The Balaban J connectivity index is 2.81. The number of nitrogens with zero attached hydrogens (tertiary/aromatic N) is 1. The number of unbranched alkanes of at least 4 members (excludes halogenated alkanes) is 7. The van der Waals surface area contributed by atoms with Crippen molar-refractivity contribution < 1.29 is 76.9 Å². The number of phosphoric acid groups is 1. The van der Waals surface area contributed by atoms with Gasteiger partial charge in [-0.3, -0.25) is 38.1 Å². The lowest BCUT2D eigenvalue weighted by Gasteiger charge is -2.34. The fraction of sp³-hybridized carbons (Fsp3) is 0.851. The maximum atomic E-state index is 13.6. The molecule has 1 heterocycles. The number of carbonyl (C=O) groups is 7. The molecule has 1 atom stereocenters. The SMILES string of the molecule is CCCNC(=O)CCOCC(COCCC(=O)NCCCNC(=O)CCCCO)(COCCC(=O)NCCCNC(=O)CCCCO)NC(=O)CCCCCCCCC(=O)N1CCC[C@H]1COP(=O)(O)O. The zero-order valence-corrected chi connectivity index (χ0v) is 43.2. The van der Waals surface area contributed by atoms with Crippen molar-refractivity contribution in [1.29, 1.82) is 0 Å². The zero-order valence-electron chi connectivity index (χ0n) is 42.3. The number of amides is 7. The van der Waals surface area contributed by atoms with Gasteiger partial charge in [0.25, 0.3) is 0 Å². The van der Waals surface area contributed by atoms with Crippen LogP contribution < -0.4 is 31.9 Å². The van der Waals surface area contributed by atoms with Gasteiger partial charge in [0, 0.05) is 97.4 Å². The van der Waals surface area contributed by atoms with Crippen molar-refractivity contribution in [3.05, 3.63) is 0 Å². The van der Waals surface area contributed by atoms with Crippen molar-refractivity contribution in [2.75, 3.05) is 98.7 Å². The number of carbonyl (C=O) groups excluding carboxylic acids is 7. The molecule has 24 heteroatoms. The van der Waals surface area contributed by atoms with E-state index in [-0.39, 0.29) is 133 Å². The second kappa shape index (κ2) is 41.6. The van der Waals surface area contributed by atoms with Crippen LogP contribution in [0.2, 0.25) is 0 Å². The summed E-state index contributed by atoms with van der Waals surface area (Å²) in [5, 5.41) is 34.8. The lowest BCUT2D eigenvalue weighted by molar-refractivity contribution is -0.133. The molecule has 0 bridgehead atoms. The minimum absolute atomic E-state index is 0.00566. The summed E-state index contributed by atoms with van der Waals surface area (Å²) in [6, 6.07) is -0.351. The molecule has 0 aliphatic carbocycles. The molecule has 0 aromatic heterocycles. The van der Waals surface area contributed by atoms with Crippen molar-refractivity contribution in [2.45, 2.75) is 160 Å². The molecule has 0 spiro atoms. The number of aliphatic hydroxyl groups is 2. The Morgan fingerprint density at radius 1 is 0.535 bits per heavy atom. The zero-order chi connectivity index (χ0) is 52.4. The highest BCUT2D eigenvalue weighted by atomic mass is 31.2. The number of phosphoric ester groups is 1. The van der Waals surface area contributed by atoms with E-state index in [0.29, 0.717) is 116 Å². The Morgan fingerprint density at radius 2 is 0.930 bits per heavy atom. The van der Waals surface area contributed by atoms with Crippen molar-refractivity contribution in [2.24, 2.45) is 0 Å². The van der Waals surface area contributed by atoms with Crippen molar-refractivity contribution >= 4 is 49.2 Å². The third-order valence-electron chi connectivity index (χ3n) is 11.3. The lowest BCUT2D eigenvalue weighted by Crippen LogP contribution is -2.58. The van der Waals surface area contributed by atoms with Gasteiger partial charge in [-0.15, -0.1) is 0 Å². The number of nitrogens with one attached hydrogen (secondary N) is 6. The molecule has 1 saturated heterocycles. The largest absolute Gasteiger partial charge is 0.469 e. The molecule has 1 rings (SSSR count). The first-order valence-corrected chi connectivity index (χ1v) is 27.3. The number of hydrogen-bond donors (Lipinski definition) is 10. The van der Waals surface area contributed by atoms with E-state index >= 15 is 0 Å². The molecule has 412 valence electrons. The van der Waals surface area contributed by atoms with Crippen LogP contribution in [0.5, 0.6) is 0 Å². The van der Waals surface area contributed by atoms with Crippen LogP contribution in [0.25, 0.3) is 0 Å². The van der Waals surface area contributed by atoms with Crippen LogP contribution in [0, 0.1) is 0 Å². The van der Waals surface area contributed by atoms with Gasteiger partial charge in [-0.2, -0.15) is 0 Å². The monoisotopic (exact) mass is 1040 g/mol. The van der Waals surface area contributed by atoms with E-state index in [4.69, 9.17) is 34.2 Å². The average Bonchev–Trinajstić information content (AvgIpc) is 3.81. The highest BCUT2D eigenvalue weighted by Crippen LogP contribution is 2.37. The number of likely N-dealkylation sites (tertiary alicyclic amines) is 1. The van der Waals surface area contributed by atoms with Gasteiger partial charge >= 0.3 is 7.82 Å². The summed E-state index contributed by atoms with van der Waals surface area (Å²) in [5.41, 5.74) is -1.27. The van der Waals surface area contributed by atoms with E-state index in [1.807, 2.05) is 6.92 Å². The standard InChI is InChI=1S/C47H88N7O16P/c1-2-24-48-42(59)21-32-67-36-47(37-68-33-22-43(60)51-27-14-25-49-40(57)17-9-11-30-55,38-69-34-23-44(61)52-28-15-26-50-41(58)18-10-12-31-56)53-45(62)19-7-5-3-4-6-8-20-46(63)54-29-13-16-39(54)35-70-71(64,65)66/h39,55-56H,2-38H2,1H3,(H,48,59)(H,49,57)(H,50,58)(H,51,60)(H,52,61)(H,53,62)(H2,64,65,66)/t39-/m0/s1. The van der Waals surface area contributed by atoms with Gasteiger partial charge in [-0.1, -0.05) is 32.6 Å². The fourth-order valence-corrected chi connectivity index (χ4v) is 7.78. The van der Waals surface area contributed by atoms with Crippen LogP contribution in [0.15, 0.2) is 0 Å². The molecule has 0 radical (unpaired) electrons. The topological polar surface area (TPSA) is 330 Å². The van der Waals surface area contributed by atoms with E-state index < -0.39 is 13.4 Å². The summed E-state index contributed by atoms with van der Waals surface area (Å²) < 4.78 is 33.7. The Hall–Kier alpha value is -3.80. The minimum atomic E-state index is -4.62. The van der Waals surface area contributed by atoms with Gasteiger partial charge in [0.15, 0.2) is 0 Å². The summed E-state index contributed by atoms with van der Waals surface area (Å²) in [5.74, 6) is -1.33. The highest BCUT2D eigenvalue weighted by Gasteiger charge is 2.34. The molecule has 10 N–H and O–H groups in total. The van der Waals surface area contributed by atoms with Crippen LogP contribution in [0.1, 0.15) is 148 Å². The van der Waals surface area contributed by atoms with E-state index in [1.54, 1.807) is 4.90 Å². The smallest absolute Gasteiger partial charge is 0.396 e. The van der Waals surface area contributed by atoms with Crippen LogP contribution in [0.4, 0.5) is 0 Å². The molecule has 23 nitrogen and oxygen atoms in total. The molecule has 0 aromatic carbocycles. The van der Waals surface area contributed by atoms with Crippen molar-refractivity contribution in [1.82, 2.24) is 36.8 Å². The number of ether oxygens (including phenoxy) is 3. The predicted molar refractivity (Wildman–Crippen MR) is 263 cm³/mol. The summed E-state index contributed by atoms with van der Waals surface area (Å²) in [4.78, 5) is 107. The van der Waals surface area contributed by atoms with E-state index in [1.165, 1.54) is 0 Å². The average molecular weight is 1040 g/mol. The van der Waals surface area contributed by atoms with Gasteiger partial charge in [0.05, 0.1) is 52.3 Å². The molecular formula is C47H88N7O16P. The number of hydrogen-bond acceptors (Lipinski definition) is 14. The number of aliphatic hydroxyl groups excluding tert-OH is 2. The van der Waals surface area contributed by atoms with Gasteiger partial charge in [-0.05, 0) is 70.6 Å². The van der Waals surface area contributed by atoms with E-state index in [9.17, 15) is 38.1 Å². The van der Waals surface area contributed by atoms with E-state index in [0.717, 1.165) is 38.5 Å². The van der Waals surface area contributed by atoms with Crippen molar-refractivity contribution in [3.8, 4) is 0 Å². The Labute approximate surface area is 420 Å². The first kappa shape index (κ1) is 65.2. The summed E-state index contributed by atoms with van der Waals surface area (Å²) >= 11 is 0. The molecule has 7 amide bonds. The first-order chi connectivity index (χ1) is 34.1. The molecular weight excluding hydrogens is 950 g/mol. The normalized spacial score (nSPS) is 13.7. The third-order valence-corrected chi connectivity index (χ3v) is 11.8. The maximum absolute atomic E-state index is 13.6. The highest BCUT2D eigenvalue weighted by molar-refractivity contribution is 7.46. The molecule has 0 unspecified atom stereocenters. The second-order valence-corrected chi connectivity index (χ2v) is 19.1. The lowest BCUT2D eigenvalue weighted by atomic mass is 10.0. The maximum Gasteiger partial charge on any atom is 0.469 e. The van der Waals surface area contributed by atoms with E-state index in [2.05, 4.69) is 36.4 Å². The van der Waals surface area contributed by atoms with Gasteiger partial charge in [0.1, 0.15) is 5.54 Å². The predicted octanol–water partition coefficient (Wildman–Crippen LogP) is 1.38. The fourth-order valence-electron chi connectivity index (χ4n) is 7.41. The first-order valence-electron chi connectivity index (χ1n) is 25.7. The van der Waals surface area contributed by atoms with Crippen LogP contribution >= 0.6 is 7.82 Å². The molecule has 1 aliphatic rings. The Kier molecular flexibility index (Phi) is 38.3. The third kappa shape index (κ3) is 36.7. The van der Waals surface area contributed by atoms with Gasteiger partial charge < -0.3 is 71.0 Å². The van der Waals surface area contributed by atoms with Crippen molar-refractivity contribution in [3.63, 3.8) is 0 Å². The molecule has 71 heavy (non-hydrogen) atoms. The van der Waals surface area contributed by atoms with Crippen LogP contribution in [-0.2, 0) is 56.9 Å².